The number of para-hydroxylation sites is 2. The third-order valence-electron chi connectivity index (χ3n) is 4.97. The molecule has 1 aromatic carbocycles. The van der Waals surface area contributed by atoms with Crippen molar-refractivity contribution in [1.82, 2.24) is 10.6 Å². The van der Waals surface area contributed by atoms with Crippen LogP contribution in [0.25, 0.3) is 0 Å². The molecule has 7 nitrogen and oxygen atoms in total. The van der Waals surface area contributed by atoms with Crippen molar-refractivity contribution in [3.63, 3.8) is 0 Å². The first-order chi connectivity index (χ1) is 12.9. The molecule has 7 heteroatoms. The molecule has 1 aliphatic heterocycles. The molecule has 1 saturated heterocycles. The number of hydrogen-bond donors (Lipinski definition) is 2. The maximum atomic E-state index is 12.1. The Hall–Kier alpha value is -2.12. The highest BCUT2D eigenvalue weighted by atomic mass is 16.5. The van der Waals surface area contributed by atoms with Gasteiger partial charge in [-0.2, -0.15) is 0 Å². The van der Waals surface area contributed by atoms with Crippen LogP contribution in [0, 0.1) is 0 Å². The van der Waals surface area contributed by atoms with Gasteiger partial charge in [0.05, 0.1) is 31.5 Å². The Morgan fingerprint density at radius 1 is 1.30 bits per heavy atom. The fourth-order valence-electron chi connectivity index (χ4n) is 3.36. The standard InChI is InChI=1S/C20H31N3O4/c1-15(2)23(14-24)17-7-5-6-8-18(17)27-20(9-11-26-12-10-20)16(3)22-19(25)13-21-4/h5-8,14-16,21H,9-13H2,1-4H3,(H,22,25). The molecule has 0 radical (unpaired) electrons. The van der Waals surface area contributed by atoms with Crippen molar-refractivity contribution in [2.24, 2.45) is 0 Å². The van der Waals surface area contributed by atoms with E-state index in [9.17, 15) is 9.59 Å². The average Bonchev–Trinajstić information content (AvgIpc) is 2.64. The topological polar surface area (TPSA) is 79.9 Å². The maximum Gasteiger partial charge on any atom is 0.234 e. The fraction of sp³-hybridized carbons (Fsp3) is 0.600. The second-order valence-electron chi connectivity index (χ2n) is 7.17. The van der Waals surface area contributed by atoms with E-state index in [2.05, 4.69) is 10.6 Å². The third-order valence-corrected chi connectivity index (χ3v) is 4.97. The Balaban J connectivity index is 2.31. The van der Waals surface area contributed by atoms with Gasteiger partial charge in [0.2, 0.25) is 12.3 Å². The van der Waals surface area contributed by atoms with Gasteiger partial charge in [-0.1, -0.05) is 12.1 Å². The van der Waals surface area contributed by atoms with Gasteiger partial charge in [0, 0.05) is 18.9 Å². The van der Waals surface area contributed by atoms with Crippen molar-refractivity contribution in [3.8, 4) is 5.75 Å². The molecular formula is C20H31N3O4. The lowest BCUT2D eigenvalue weighted by molar-refractivity contribution is -0.124. The summed E-state index contributed by atoms with van der Waals surface area (Å²) in [5.41, 5.74) is 0.130. The molecule has 2 amide bonds. The van der Waals surface area contributed by atoms with E-state index in [0.29, 0.717) is 31.8 Å². The van der Waals surface area contributed by atoms with E-state index in [1.165, 1.54) is 0 Å². The fourth-order valence-corrected chi connectivity index (χ4v) is 3.36. The Morgan fingerprint density at radius 2 is 1.96 bits per heavy atom. The van der Waals surface area contributed by atoms with E-state index in [1.807, 2.05) is 45.0 Å². The monoisotopic (exact) mass is 377 g/mol. The molecule has 1 fully saturated rings. The van der Waals surface area contributed by atoms with Crippen molar-refractivity contribution >= 4 is 18.0 Å². The molecule has 2 N–H and O–H groups in total. The summed E-state index contributed by atoms with van der Waals surface area (Å²) in [6, 6.07) is 7.31. The number of benzene rings is 1. The van der Waals surface area contributed by atoms with E-state index in [4.69, 9.17) is 9.47 Å². The quantitative estimate of drug-likeness (QED) is 0.641. The molecule has 150 valence electrons. The number of likely N-dealkylation sites (N-methyl/N-ethyl adjacent to an activating group) is 1. The number of hydrogen-bond acceptors (Lipinski definition) is 5. The normalized spacial score (nSPS) is 17.2. The lowest BCUT2D eigenvalue weighted by Crippen LogP contribution is -2.58. The Bertz CT molecular complexity index is 629. The van der Waals surface area contributed by atoms with Gasteiger partial charge in [-0.3, -0.25) is 9.59 Å². The van der Waals surface area contributed by atoms with Crippen LogP contribution < -0.4 is 20.3 Å². The lowest BCUT2D eigenvalue weighted by atomic mass is 9.86. The first-order valence-electron chi connectivity index (χ1n) is 9.47. The minimum Gasteiger partial charge on any atom is -0.483 e. The second kappa shape index (κ2) is 9.71. The van der Waals surface area contributed by atoms with E-state index in [-0.39, 0.29) is 24.5 Å². The summed E-state index contributed by atoms with van der Waals surface area (Å²) >= 11 is 0. The van der Waals surface area contributed by atoms with Gasteiger partial charge in [-0.25, -0.2) is 0 Å². The van der Waals surface area contributed by atoms with E-state index in [0.717, 1.165) is 12.1 Å². The smallest absolute Gasteiger partial charge is 0.234 e. The van der Waals surface area contributed by atoms with Crippen LogP contribution in [-0.2, 0) is 14.3 Å². The van der Waals surface area contributed by atoms with E-state index < -0.39 is 5.60 Å². The molecule has 1 aliphatic rings. The number of anilines is 1. The second-order valence-corrected chi connectivity index (χ2v) is 7.17. The molecule has 0 aliphatic carbocycles. The van der Waals surface area contributed by atoms with Gasteiger partial charge in [-0.15, -0.1) is 0 Å². The van der Waals surface area contributed by atoms with Crippen molar-refractivity contribution < 1.29 is 19.1 Å². The molecule has 1 atom stereocenters. The maximum absolute atomic E-state index is 12.1. The molecule has 1 heterocycles. The summed E-state index contributed by atoms with van der Waals surface area (Å²) < 4.78 is 12.1. The minimum absolute atomic E-state index is 0.00523. The zero-order valence-corrected chi connectivity index (χ0v) is 16.7. The summed E-state index contributed by atoms with van der Waals surface area (Å²) in [5, 5.41) is 5.89. The first kappa shape index (κ1) is 21.2. The number of amides is 2. The predicted octanol–water partition coefficient (Wildman–Crippen LogP) is 1.71. The summed E-state index contributed by atoms with van der Waals surface area (Å²) in [7, 11) is 1.74. The molecule has 0 spiro atoms. The lowest BCUT2D eigenvalue weighted by Gasteiger charge is -2.43. The molecule has 0 aromatic heterocycles. The molecule has 2 rings (SSSR count). The van der Waals surface area contributed by atoms with Gasteiger partial charge in [0.1, 0.15) is 11.4 Å². The Morgan fingerprint density at radius 3 is 2.56 bits per heavy atom. The van der Waals surface area contributed by atoms with Crippen molar-refractivity contribution in [2.45, 2.75) is 51.3 Å². The van der Waals surface area contributed by atoms with Gasteiger partial charge in [0.15, 0.2) is 0 Å². The highest BCUT2D eigenvalue weighted by Crippen LogP contribution is 2.36. The predicted molar refractivity (Wildman–Crippen MR) is 105 cm³/mol. The highest BCUT2D eigenvalue weighted by molar-refractivity contribution is 5.80. The van der Waals surface area contributed by atoms with Crippen LogP contribution in [0.3, 0.4) is 0 Å². The average molecular weight is 377 g/mol. The largest absolute Gasteiger partial charge is 0.483 e. The Kier molecular flexibility index (Phi) is 7.62. The number of nitrogens with zero attached hydrogens (tertiary/aromatic N) is 1. The highest BCUT2D eigenvalue weighted by Gasteiger charge is 2.41. The van der Waals surface area contributed by atoms with Crippen LogP contribution in [0.4, 0.5) is 5.69 Å². The van der Waals surface area contributed by atoms with Gasteiger partial charge in [0.25, 0.3) is 0 Å². The first-order valence-corrected chi connectivity index (χ1v) is 9.47. The Labute approximate surface area is 161 Å². The number of nitrogens with one attached hydrogen (secondary N) is 2. The minimum atomic E-state index is -0.594. The third kappa shape index (κ3) is 5.20. The van der Waals surface area contributed by atoms with Crippen LogP contribution in [0.15, 0.2) is 24.3 Å². The molecule has 27 heavy (non-hydrogen) atoms. The van der Waals surface area contributed by atoms with Gasteiger partial charge >= 0.3 is 0 Å². The zero-order chi connectivity index (χ0) is 19.9. The van der Waals surface area contributed by atoms with Gasteiger partial charge < -0.3 is 25.0 Å². The number of ether oxygens (including phenoxy) is 2. The van der Waals surface area contributed by atoms with Crippen molar-refractivity contribution in [3.05, 3.63) is 24.3 Å². The summed E-state index contributed by atoms with van der Waals surface area (Å²) in [6.07, 6.45) is 2.14. The van der Waals surface area contributed by atoms with E-state index in [1.54, 1.807) is 11.9 Å². The SMILES string of the molecule is CNCC(=O)NC(C)C1(Oc2ccccc2N(C=O)C(C)C)CCOCC1. The number of carbonyl (C=O) groups excluding carboxylic acids is 2. The summed E-state index contributed by atoms with van der Waals surface area (Å²) in [6.45, 7) is 7.25. The molecule has 0 bridgehead atoms. The van der Waals surface area contributed by atoms with Crippen LogP contribution in [0.1, 0.15) is 33.6 Å². The molecule has 1 unspecified atom stereocenters. The van der Waals surface area contributed by atoms with Gasteiger partial charge in [-0.05, 0) is 40.0 Å². The van der Waals surface area contributed by atoms with Crippen LogP contribution in [-0.4, -0.2) is 56.8 Å². The number of rotatable bonds is 9. The zero-order valence-electron chi connectivity index (χ0n) is 16.7. The van der Waals surface area contributed by atoms with Crippen LogP contribution in [0.5, 0.6) is 5.75 Å². The van der Waals surface area contributed by atoms with E-state index >= 15 is 0 Å². The molecular weight excluding hydrogens is 346 g/mol. The van der Waals surface area contributed by atoms with Crippen molar-refractivity contribution in [1.29, 1.82) is 0 Å². The molecule has 1 aromatic rings. The van der Waals surface area contributed by atoms with Crippen molar-refractivity contribution in [2.75, 3.05) is 31.7 Å². The number of carbonyl (C=O) groups is 2. The molecule has 0 saturated carbocycles. The summed E-state index contributed by atoms with van der Waals surface area (Å²) in [4.78, 5) is 25.3. The summed E-state index contributed by atoms with van der Waals surface area (Å²) in [5.74, 6) is 0.555. The van der Waals surface area contributed by atoms with Crippen LogP contribution in [0.2, 0.25) is 0 Å². The van der Waals surface area contributed by atoms with Crippen LogP contribution >= 0.6 is 0 Å².